The third-order valence-corrected chi connectivity index (χ3v) is 10.7. The number of primary amides is 1. The molecule has 2 aromatic carbocycles. The van der Waals surface area contributed by atoms with Crippen LogP contribution in [0.4, 0.5) is 0 Å². The Labute approximate surface area is 356 Å². The Hall–Kier alpha value is -5.04. The van der Waals surface area contributed by atoms with Crippen LogP contribution < -0.4 is 21.9 Å². The van der Waals surface area contributed by atoms with Crippen LogP contribution in [0.5, 0.6) is 0 Å². The summed E-state index contributed by atoms with van der Waals surface area (Å²) in [5, 5.41) is 22.3. The van der Waals surface area contributed by atoms with Crippen LogP contribution in [-0.2, 0) is 53.5 Å². The van der Waals surface area contributed by atoms with Gasteiger partial charge in [0.15, 0.2) is 5.52 Å². The molecule has 1 atom stereocenters. The first-order chi connectivity index (χ1) is 29.5. The first kappa shape index (κ1) is 47.0. The van der Waals surface area contributed by atoms with Gasteiger partial charge >= 0.3 is 0 Å². The molecule has 61 heavy (non-hydrogen) atoms. The van der Waals surface area contributed by atoms with Crippen LogP contribution in [0.25, 0.3) is 22.3 Å². The van der Waals surface area contributed by atoms with Gasteiger partial charge in [-0.1, -0.05) is 61.5 Å². The van der Waals surface area contributed by atoms with Crippen molar-refractivity contribution in [2.75, 3.05) is 79.0 Å². The number of carbonyl (C=O) groups excluding carboxylic acids is 3. The Balaban J connectivity index is 0.949. The molecule has 1 aliphatic rings. The standard InChI is InChI=1S/C44H62N8O9/c1-33(35-7-4-3-5-8-35)29-39(55)51-19-15-44(57,16-20-51)31-52-32-48-40-41(43(52)56)49-50(2)42(40)36-11-9-34(10-12-36)30-46-17-6-18-47-38(54)14-22-59-24-26-61-28-27-60-25-23-58-21-13-37(45)53/h3-5,7-12,32-33,46,57H,6,13-31H2,1-2H3,(H2,45,53)(H,47,54). The number of carbonyl (C=O) groups is 3. The zero-order valence-corrected chi connectivity index (χ0v) is 35.5. The fraction of sp³-hybridized carbons (Fsp3) is 0.545. The molecular weight excluding hydrogens is 785 g/mol. The second-order valence-corrected chi connectivity index (χ2v) is 15.5. The van der Waals surface area contributed by atoms with E-state index in [1.165, 1.54) is 10.9 Å². The molecule has 1 saturated heterocycles. The van der Waals surface area contributed by atoms with Crippen LogP contribution in [0.15, 0.2) is 65.7 Å². The number of hydrogen-bond acceptors (Lipinski definition) is 12. The quantitative estimate of drug-likeness (QED) is 0.0637. The maximum Gasteiger partial charge on any atom is 0.281 e. The molecule has 17 nitrogen and oxygen atoms in total. The summed E-state index contributed by atoms with van der Waals surface area (Å²) in [4.78, 5) is 55.9. The number of rotatable bonds is 27. The number of amides is 3. The predicted molar refractivity (Wildman–Crippen MR) is 229 cm³/mol. The van der Waals surface area contributed by atoms with Crippen molar-refractivity contribution in [1.29, 1.82) is 0 Å². The number of aryl methyl sites for hydroxylation is 1. The normalized spacial score (nSPS) is 14.3. The average molecular weight is 847 g/mol. The van der Waals surface area contributed by atoms with Gasteiger partial charge in [0.1, 0.15) is 5.52 Å². The lowest BCUT2D eigenvalue weighted by Gasteiger charge is -2.38. The minimum absolute atomic E-state index is 0.0636. The topological polar surface area (TPSA) is 214 Å². The number of aromatic nitrogens is 4. The van der Waals surface area contributed by atoms with Gasteiger partial charge in [0.2, 0.25) is 17.7 Å². The van der Waals surface area contributed by atoms with E-state index < -0.39 is 11.5 Å². The van der Waals surface area contributed by atoms with Gasteiger partial charge in [-0.25, -0.2) is 4.98 Å². The van der Waals surface area contributed by atoms with Crippen LogP contribution in [-0.4, -0.2) is 132 Å². The highest BCUT2D eigenvalue weighted by Gasteiger charge is 2.35. The van der Waals surface area contributed by atoms with Crippen molar-refractivity contribution in [3.05, 3.63) is 82.4 Å². The lowest BCUT2D eigenvalue weighted by Crippen LogP contribution is -2.49. The maximum absolute atomic E-state index is 13.6. The van der Waals surface area contributed by atoms with Gasteiger partial charge in [-0.15, -0.1) is 0 Å². The van der Waals surface area contributed by atoms with Crippen LogP contribution in [0.2, 0.25) is 0 Å². The molecule has 332 valence electrons. The summed E-state index contributed by atoms with van der Waals surface area (Å²) in [5.74, 6) is -0.284. The Kier molecular flexibility index (Phi) is 18.8. The fourth-order valence-corrected chi connectivity index (χ4v) is 7.11. The van der Waals surface area contributed by atoms with Crippen LogP contribution >= 0.6 is 0 Å². The van der Waals surface area contributed by atoms with E-state index in [2.05, 4.69) is 27.6 Å². The van der Waals surface area contributed by atoms with E-state index in [1.807, 2.05) is 59.5 Å². The van der Waals surface area contributed by atoms with Gasteiger partial charge in [0.05, 0.1) is 77.0 Å². The first-order valence-corrected chi connectivity index (χ1v) is 21.2. The number of ether oxygens (including phenoxy) is 4. The second kappa shape index (κ2) is 24.4. The zero-order chi connectivity index (χ0) is 43.5. The van der Waals surface area contributed by atoms with Crippen molar-refractivity contribution in [2.45, 2.75) is 70.1 Å². The number of nitrogens with two attached hydrogens (primary N) is 1. The van der Waals surface area contributed by atoms with Gasteiger partial charge < -0.3 is 45.3 Å². The molecule has 0 aliphatic carbocycles. The van der Waals surface area contributed by atoms with Gasteiger partial charge in [-0.05, 0) is 42.9 Å². The third kappa shape index (κ3) is 15.1. The highest BCUT2D eigenvalue weighted by atomic mass is 16.6. The van der Waals surface area contributed by atoms with E-state index in [-0.39, 0.29) is 48.2 Å². The number of hydrogen-bond donors (Lipinski definition) is 4. The average Bonchev–Trinajstić information content (AvgIpc) is 3.60. The molecule has 0 saturated carbocycles. The monoisotopic (exact) mass is 846 g/mol. The largest absolute Gasteiger partial charge is 0.388 e. The molecule has 17 heteroatoms. The van der Waals surface area contributed by atoms with Crippen molar-refractivity contribution in [3.63, 3.8) is 0 Å². The van der Waals surface area contributed by atoms with E-state index in [0.29, 0.717) is 104 Å². The number of benzene rings is 2. The highest BCUT2D eigenvalue weighted by Crippen LogP contribution is 2.28. The molecule has 4 aromatic rings. The summed E-state index contributed by atoms with van der Waals surface area (Å²) >= 11 is 0. The number of piperidine rings is 1. The lowest BCUT2D eigenvalue weighted by atomic mass is 9.90. The Morgan fingerprint density at radius 1 is 0.852 bits per heavy atom. The van der Waals surface area contributed by atoms with Gasteiger partial charge in [-0.2, -0.15) is 5.10 Å². The van der Waals surface area contributed by atoms with E-state index in [4.69, 9.17) is 24.7 Å². The van der Waals surface area contributed by atoms with Crippen LogP contribution in [0.1, 0.15) is 62.5 Å². The van der Waals surface area contributed by atoms with Crippen molar-refractivity contribution in [2.24, 2.45) is 12.8 Å². The van der Waals surface area contributed by atoms with Crippen molar-refractivity contribution in [1.82, 2.24) is 34.9 Å². The van der Waals surface area contributed by atoms with Crippen LogP contribution in [0, 0.1) is 0 Å². The van der Waals surface area contributed by atoms with E-state index in [0.717, 1.165) is 35.3 Å². The molecule has 3 amide bonds. The molecule has 1 unspecified atom stereocenters. The number of nitrogens with one attached hydrogen (secondary N) is 2. The smallest absolute Gasteiger partial charge is 0.281 e. The molecule has 0 radical (unpaired) electrons. The summed E-state index contributed by atoms with van der Waals surface area (Å²) in [6.07, 6.45) is 3.87. The molecule has 2 aromatic heterocycles. The Bertz CT molecular complexity index is 2030. The molecule has 0 spiro atoms. The molecule has 1 fully saturated rings. The Morgan fingerprint density at radius 3 is 2.11 bits per heavy atom. The summed E-state index contributed by atoms with van der Waals surface area (Å²) in [6, 6.07) is 18.0. The minimum Gasteiger partial charge on any atom is -0.388 e. The second-order valence-electron chi connectivity index (χ2n) is 15.5. The number of likely N-dealkylation sites (tertiary alicyclic amines) is 1. The molecule has 5 rings (SSSR count). The summed E-state index contributed by atoms with van der Waals surface area (Å²) in [5.41, 5.74) is 8.11. The predicted octanol–water partition coefficient (Wildman–Crippen LogP) is 2.27. The van der Waals surface area contributed by atoms with Gasteiger partial charge in [0.25, 0.3) is 5.56 Å². The lowest BCUT2D eigenvalue weighted by molar-refractivity contribution is -0.136. The molecule has 3 heterocycles. The number of aliphatic hydroxyl groups is 1. The molecule has 5 N–H and O–H groups in total. The van der Waals surface area contributed by atoms with Crippen molar-refractivity contribution in [3.8, 4) is 11.3 Å². The number of nitrogens with zero attached hydrogens (tertiary/aromatic N) is 5. The van der Waals surface area contributed by atoms with Crippen molar-refractivity contribution >= 4 is 28.8 Å². The molecular formula is C44H62N8O9. The zero-order valence-electron chi connectivity index (χ0n) is 35.5. The highest BCUT2D eigenvalue weighted by molar-refractivity contribution is 5.89. The van der Waals surface area contributed by atoms with Gasteiger partial charge in [0, 0.05) is 58.1 Å². The van der Waals surface area contributed by atoms with E-state index in [1.54, 1.807) is 11.7 Å². The SMILES string of the molecule is CC(CC(=O)N1CCC(O)(Cn2cnc3c(-c4ccc(CNCCCNC(=O)CCOCCOCCOCCOCCC(N)=O)cc4)n(C)nc3c2=O)CC1)c1ccccc1. The summed E-state index contributed by atoms with van der Waals surface area (Å²) in [6.45, 7) is 7.96. The molecule has 0 bridgehead atoms. The Morgan fingerprint density at radius 2 is 1.48 bits per heavy atom. The third-order valence-electron chi connectivity index (χ3n) is 10.7. The number of fused-ring (bicyclic) bond motifs is 1. The molecule has 1 aliphatic heterocycles. The van der Waals surface area contributed by atoms with E-state index in [9.17, 15) is 24.3 Å². The fourth-order valence-electron chi connectivity index (χ4n) is 7.11. The summed E-state index contributed by atoms with van der Waals surface area (Å²) in [7, 11) is 1.79. The minimum atomic E-state index is -1.14. The van der Waals surface area contributed by atoms with Gasteiger partial charge in [-0.3, -0.25) is 28.4 Å². The first-order valence-electron chi connectivity index (χ1n) is 21.2. The van der Waals surface area contributed by atoms with E-state index >= 15 is 0 Å². The van der Waals surface area contributed by atoms with Crippen molar-refractivity contribution < 1.29 is 38.4 Å². The maximum atomic E-state index is 13.6. The summed E-state index contributed by atoms with van der Waals surface area (Å²) < 4.78 is 24.6. The van der Waals surface area contributed by atoms with Crippen LogP contribution in [0.3, 0.4) is 0 Å².